The van der Waals surface area contributed by atoms with Gasteiger partial charge in [0.1, 0.15) is 0 Å². The molecule has 6 aromatic rings. The molecule has 4 aromatic carbocycles. The van der Waals surface area contributed by atoms with Crippen molar-refractivity contribution in [2.24, 2.45) is 0 Å². The monoisotopic (exact) mass is 1720 g/mol. The minimum absolute atomic E-state index is 0.0190. The first-order chi connectivity index (χ1) is 51.9. The lowest BCUT2D eigenvalue weighted by atomic mass is 10.3. The van der Waals surface area contributed by atoms with E-state index in [-0.39, 0.29) is 43.9 Å². The first-order valence-electron chi connectivity index (χ1n) is 39.3. The van der Waals surface area contributed by atoms with Gasteiger partial charge < -0.3 is 58.9 Å². The van der Waals surface area contributed by atoms with Crippen LogP contribution in [0.25, 0.3) is 0 Å². The molecule has 624 valence electrons. The molecule has 0 amide bonds. The van der Waals surface area contributed by atoms with Crippen LogP contribution in [0.1, 0.15) is 114 Å². The summed E-state index contributed by atoms with van der Waals surface area (Å²) in [5.74, 6) is 0. The van der Waals surface area contributed by atoms with Crippen molar-refractivity contribution in [3.8, 4) is 0 Å². The zero-order valence-corrected chi connectivity index (χ0v) is 81.4. The maximum absolute atomic E-state index is 13.1. The van der Waals surface area contributed by atoms with Crippen molar-refractivity contribution in [1.29, 1.82) is 0 Å². The first kappa shape index (κ1) is 96.8. The van der Waals surface area contributed by atoms with Crippen molar-refractivity contribution in [2.45, 2.75) is 252 Å². The summed E-state index contributed by atoms with van der Waals surface area (Å²) in [7, 11) is -18.0. The molecule has 0 aliphatic carbocycles. The molecule has 7 rings (SSSR count). The third-order valence-electron chi connectivity index (χ3n) is 23.3. The molecule has 10 N–H and O–H groups in total. The number of anilines is 6. The lowest BCUT2D eigenvalue weighted by Gasteiger charge is -2.60. The largest absolute Gasteiger partial charge is 0.436 e. The normalized spacial score (nSPS) is 20.0. The molecule has 0 bridgehead atoms. The number of hydrogen-bond acceptors (Lipinski definition) is 20. The Kier molecular flexibility index (Phi) is 35.8. The second-order valence-corrected chi connectivity index (χ2v) is 72.7. The van der Waals surface area contributed by atoms with Gasteiger partial charge in [-0.15, -0.1) is 36.5 Å². The van der Waals surface area contributed by atoms with Gasteiger partial charge in [0.15, 0.2) is 50.6 Å². The lowest BCUT2D eigenvalue weighted by Crippen LogP contribution is -2.73. The van der Waals surface area contributed by atoms with E-state index in [2.05, 4.69) is 167 Å². The van der Waals surface area contributed by atoms with Crippen LogP contribution in [0.15, 0.2) is 168 Å². The van der Waals surface area contributed by atoms with E-state index in [1.54, 1.807) is 64.1 Å². The fraction of sp³-hybridized carbons (Fsp3) is 0.538. The van der Waals surface area contributed by atoms with Gasteiger partial charge in [-0.3, -0.25) is 9.36 Å². The number of rotatable bonds is 41. The molecular formula is C78H138N14O10S2Si8. The smallest absolute Gasteiger partial charge is 0.321 e. The minimum atomic E-state index is -3.78. The Bertz CT molecular complexity index is 4210. The van der Waals surface area contributed by atoms with E-state index in [1.807, 2.05) is 133 Å². The maximum Gasteiger partial charge on any atom is 0.321 e. The van der Waals surface area contributed by atoms with Crippen LogP contribution in [-0.4, -0.2) is 161 Å². The Hall–Kier alpha value is -5.76. The van der Waals surface area contributed by atoms with Gasteiger partial charge in [0.05, 0.1) is 65.1 Å². The number of benzene rings is 4. The van der Waals surface area contributed by atoms with E-state index in [9.17, 15) is 36.0 Å². The highest BCUT2D eigenvalue weighted by Crippen LogP contribution is 2.56. The fourth-order valence-corrected chi connectivity index (χ4v) is 66.3. The summed E-state index contributed by atoms with van der Waals surface area (Å²) in [5.41, 5.74) is 24.4. The molecule has 0 saturated carbocycles. The highest BCUT2D eigenvalue weighted by molar-refractivity contribution is 7.89. The number of nitrogens with one attached hydrogen (secondary N) is 6. The molecule has 1 saturated heterocycles. The van der Waals surface area contributed by atoms with Crippen molar-refractivity contribution in [3.05, 3.63) is 169 Å². The van der Waals surface area contributed by atoms with Crippen LogP contribution in [0.4, 0.5) is 34.1 Å². The molecule has 1 aliphatic rings. The van der Waals surface area contributed by atoms with E-state index in [0.29, 0.717) is 28.6 Å². The summed E-state index contributed by atoms with van der Waals surface area (Å²) in [5, 5.41) is 17.6. The van der Waals surface area contributed by atoms with Gasteiger partial charge in [-0.1, -0.05) is 101 Å². The number of aryl methyl sites for hydroxylation is 2. The first-order valence-corrected chi connectivity index (χ1v) is 62.7. The highest BCUT2D eigenvalue weighted by Gasteiger charge is 2.66. The summed E-state index contributed by atoms with van der Waals surface area (Å²) in [6.45, 7) is 58.7. The van der Waals surface area contributed by atoms with Crippen molar-refractivity contribution >= 4 is 121 Å². The number of allylic oxidation sites excluding steroid dienone is 4. The Morgan fingerprint density at radius 2 is 0.955 bits per heavy atom. The predicted molar refractivity (Wildman–Crippen MR) is 486 cm³/mol. The van der Waals surface area contributed by atoms with Crippen LogP contribution in [-0.2, 0) is 54.5 Å². The number of nitrogens with zero attached hydrogens (tertiary/aromatic N) is 8. The van der Waals surface area contributed by atoms with Crippen LogP contribution < -0.4 is 40.9 Å². The molecule has 1 fully saturated rings. The van der Waals surface area contributed by atoms with E-state index in [0.717, 1.165) is 101 Å². The van der Waals surface area contributed by atoms with Crippen LogP contribution >= 0.6 is 0 Å². The summed E-state index contributed by atoms with van der Waals surface area (Å²) in [6, 6.07) is 35.6. The maximum atomic E-state index is 13.1. The molecule has 3 heterocycles. The number of aromatic nitrogens is 6. The van der Waals surface area contributed by atoms with Gasteiger partial charge >= 0.3 is 8.56 Å². The third-order valence-corrected chi connectivity index (χ3v) is 74.2. The summed E-state index contributed by atoms with van der Waals surface area (Å²) >= 11 is 0. The molecule has 2 aromatic heterocycles. The fourth-order valence-electron chi connectivity index (χ4n) is 14.7. The zero-order chi connectivity index (χ0) is 84.3. The second kappa shape index (κ2) is 41.4. The molecule has 11 unspecified atom stereocenters. The van der Waals surface area contributed by atoms with E-state index in [1.165, 1.54) is 16.7 Å². The Labute approximate surface area is 681 Å². The number of hydrazine groups is 2. The van der Waals surface area contributed by atoms with Gasteiger partial charge in [-0.25, -0.2) is 26.3 Å². The Morgan fingerprint density at radius 3 is 1.29 bits per heavy atom. The number of hydrogen-bond donors (Lipinski definition) is 10. The molecule has 11 atom stereocenters. The third kappa shape index (κ3) is 27.4. The van der Waals surface area contributed by atoms with Gasteiger partial charge in [0, 0.05) is 71.1 Å². The van der Waals surface area contributed by atoms with E-state index >= 15 is 0 Å². The zero-order valence-electron chi connectivity index (χ0n) is 71.6. The van der Waals surface area contributed by atoms with Crippen molar-refractivity contribution in [3.63, 3.8) is 0 Å². The highest BCUT2D eigenvalue weighted by atomic mass is 32.2. The topological polar surface area (TPSA) is 308 Å². The van der Waals surface area contributed by atoms with Crippen molar-refractivity contribution in [1.82, 2.24) is 39.4 Å². The van der Waals surface area contributed by atoms with Crippen molar-refractivity contribution < 1.29 is 44.2 Å². The van der Waals surface area contributed by atoms with E-state index < -0.39 is 87.3 Å². The Balaban J connectivity index is 0.000000344. The molecule has 112 heavy (non-hydrogen) atoms. The molecule has 0 radical (unpaired) electrons. The quantitative estimate of drug-likeness (QED) is 0.00969. The summed E-state index contributed by atoms with van der Waals surface area (Å²) in [4.78, 5) is 46.9. The second-order valence-electron chi connectivity index (χ2n) is 33.9. The van der Waals surface area contributed by atoms with Gasteiger partial charge in [0.2, 0.25) is 20.0 Å². The SMILES string of the molecule is C=C(C)C[Si](CCCn1cc(CNS(=O)(=O)c2ccc(NNc3ccc(N(C)C)cc3)cc2)nn1)(CC(=C)C)CC(=C)C.C=C(C)C[Si]1(CCCn2cc(CNS(=O)(=O)c3ccc(NNc4ccc(N(C)C)cc4)cc3)nn2)O[Si](C)(C(C)C)C(C)[Si](C)(C(C)[Si](C)(O)C(C)C)O1.CC[Si](C)(O)C(C)[Si](C)(O)C(C)[SiH](C)O. The summed E-state index contributed by atoms with van der Waals surface area (Å²) in [6.07, 6.45) is 5.35. The average Bonchev–Trinajstić information content (AvgIpc) is 0.883. The van der Waals surface area contributed by atoms with Crippen LogP contribution in [0, 0.1) is 0 Å². The van der Waals surface area contributed by atoms with Gasteiger partial charge in [0.25, 0.3) is 0 Å². The minimum Gasteiger partial charge on any atom is -0.436 e. The van der Waals surface area contributed by atoms with Crippen molar-refractivity contribution in [2.75, 3.05) is 59.7 Å². The average molecular weight is 1720 g/mol. The molecule has 0 spiro atoms. The number of sulfonamides is 2. The molecular weight excluding hydrogens is 1580 g/mol. The Morgan fingerprint density at radius 1 is 0.589 bits per heavy atom. The molecule has 1 aliphatic heterocycles. The van der Waals surface area contributed by atoms with Crippen LogP contribution in [0.2, 0.25) is 113 Å². The van der Waals surface area contributed by atoms with Gasteiger partial charge in [-0.05, 0) is 239 Å². The molecule has 24 nitrogen and oxygen atoms in total. The lowest BCUT2D eigenvalue weighted by molar-refractivity contribution is 0.322. The van der Waals surface area contributed by atoms with Crippen LogP contribution in [0.3, 0.4) is 0 Å². The summed E-state index contributed by atoms with van der Waals surface area (Å²) < 4.78 is 75.9. The standard InChI is InChI=1S/C37H65N7O5SSi4.C32H47N7O2SSi.C9H26O3Si3/c1-28(2)27-54(48-52(12,30(5)6)32(8)53(13,49-54)31(7)51(11,47)29(3)4)24-14-23-44-26-35(41-42-44)25-38-50(45,46)37-21-17-34(18-22-37)40-39-33-15-19-36(20-16-33)43(9)10;1-25(2)22-43(23-26(3)4,24-27(5)6)19-9-18-39-21-30(36-37-39)20-33-42(40,41)32-16-12-29(13-17-32)35-34-28-10-14-31(15-11-28)38(7)8;1-7-14(5,11)9(3)15(6,12)8(2)13(4)10/h15-22,26,29-32,38-40,47H,1,14,23-25,27H2,2-13H3;10-17,21,33-35H,1,3,5,9,18-20,22-24H2,2,4,6-8H3;8-13H,7H2,1-6H3. The van der Waals surface area contributed by atoms with Gasteiger partial charge in [-0.2, -0.15) is 0 Å². The predicted octanol–water partition coefficient (Wildman–Crippen LogP) is 16.3. The molecule has 34 heteroatoms. The van der Waals surface area contributed by atoms with Crippen LogP contribution in [0.5, 0.6) is 0 Å². The van der Waals surface area contributed by atoms with E-state index in [4.69, 9.17) is 8.23 Å².